The van der Waals surface area contributed by atoms with Crippen molar-refractivity contribution in [3.63, 3.8) is 0 Å². The summed E-state index contributed by atoms with van der Waals surface area (Å²) in [5.41, 5.74) is 3.05. The molecule has 0 unspecified atom stereocenters. The summed E-state index contributed by atoms with van der Waals surface area (Å²) in [7, 11) is 1.53. The number of nitrogens with one attached hydrogen (secondary N) is 1. The molecule has 2 aromatic heterocycles. The fourth-order valence-corrected chi connectivity index (χ4v) is 3.77. The first kappa shape index (κ1) is 22.4. The van der Waals surface area contributed by atoms with Gasteiger partial charge in [-0.25, -0.2) is 4.68 Å². The van der Waals surface area contributed by atoms with Crippen LogP contribution in [0.15, 0.2) is 55.0 Å². The van der Waals surface area contributed by atoms with E-state index in [1.54, 1.807) is 60.5 Å². The maximum Gasteiger partial charge on any atom is 0.255 e. The normalized spacial score (nSPS) is 15.5. The highest BCUT2D eigenvalue weighted by atomic mass is 16.5. The molecule has 1 aliphatic rings. The minimum atomic E-state index is -1.91. The van der Waals surface area contributed by atoms with Crippen molar-refractivity contribution in [3.8, 4) is 11.4 Å². The monoisotopic (exact) mass is 451 g/mol. The number of nitrogens with zero attached hydrogens (tertiary/aromatic N) is 4. The number of hydrogen-bond donors (Lipinski definition) is 3. The van der Waals surface area contributed by atoms with Crippen LogP contribution >= 0.6 is 0 Å². The zero-order chi connectivity index (χ0) is 23.5. The number of amides is 2. The van der Waals surface area contributed by atoms with Crippen molar-refractivity contribution >= 4 is 11.8 Å². The molecule has 1 aliphatic heterocycles. The third-order valence-corrected chi connectivity index (χ3v) is 5.63. The largest absolute Gasteiger partial charge is 0.494 e. The molecule has 3 atom stereocenters. The maximum atomic E-state index is 12.6. The topological polar surface area (TPSA) is 130 Å². The standard InChI is InChI=1S/C23H25N5O5/c1-14(15-6-7-18(19(11-15)33-2)28-10-4-9-25-28)26-22(31)20(29)21(30)23(32)27-12-16-5-3-8-24-17(16)13-27/h3-11,14,20-21,29-30H,12-13H2,1-2H3,(H,26,31)/t14-,20-,21-/m1/s1. The second kappa shape index (κ2) is 9.39. The van der Waals surface area contributed by atoms with Gasteiger partial charge in [0, 0.05) is 25.1 Å². The van der Waals surface area contributed by atoms with Crippen LogP contribution in [0, 0.1) is 0 Å². The fourth-order valence-electron chi connectivity index (χ4n) is 3.77. The summed E-state index contributed by atoms with van der Waals surface area (Å²) in [5, 5.41) is 27.5. The Morgan fingerprint density at radius 1 is 1.12 bits per heavy atom. The van der Waals surface area contributed by atoms with E-state index in [1.807, 2.05) is 6.07 Å². The van der Waals surface area contributed by atoms with E-state index in [9.17, 15) is 19.8 Å². The second-order valence-corrected chi connectivity index (χ2v) is 7.81. The van der Waals surface area contributed by atoms with Crippen LogP contribution in [-0.2, 0) is 22.7 Å². The lowest BCUT2D eigenvalue weighted by molar-refractivity contribution is -0.153. The number of carbonyl (C=O) groups excluding carboxylic acids is 2. The van der Waals surface area contributed by atoms with Crippen LogP contribution in [0.2, 0.25) is 0 Å². The van der Waals surface area contributed by atoms with Crippen LogP contribution < -0.4 is 10.1 Å². The highest BCUT2D eigenvalue weighted by Crippen LogP contribution is 2.27. The third-order valence-electron chi connectivity index (χ3n) is 5.63. The molecule has 1 aromatic carbocycles. The summed E-state index contributed by atoms with van der Waals surface area (Å²) in [5.74, 6) is -1.03. The van der Waals surface area contributed by atoms with Crippen molar-refractivity contribution in [1.29, 1.82) is 0 Å². The van der Waals surface area contributed by atoms with E-state index in [0.717, 1.165) is 16.9 Å². The summed E-state index contributed by atoms with van der Waals surface area (Å²) < 4.78 is 7.10. The van der Waals surface area contributed by atoms with Crippen LogP contribution in [0.5, 0.6) is 5.75 Å². The quantitative estimate of drug-likeness (QED) is 0.483. The summed E-state index contributed by atoms with van der Waals surface area (Å²) in [6.45, 7) is 2.22. The Morgan fingerprint density at radius 3 is 2.64 bits per heavy atom. The van der Waals surface area contributed by atoms with Crippen molar-refractivity contribution < 1.29 is 24.5 Å². The third kappa shape index (κ3) is 4.57. The molecule has 172 valence electrons. The lowest BCUT2D eigenvalue weighted by Gasteiger charge is -2.24. The first-order valence-electron chi connectivity index (χ1n) is 10.4. The average Bonchev–Trinajstić information content (AvgIpc) is 3.52. The van der Waals surface area contributed by atoms with Gasteiger partial charge in [0.25, 0.3) is 11.8 Å². The number of aliphatic hydroxyl groups is 2. The highest BCUT2D eigenvalue weighted by molar-refractivity contribution is 5.91. The van der Waals surface area contributed by atoms with Crippen molar-refractivity contribution in [2.24, 2.45) is 0 Å². The fraction of sp³-hybridized carbons (Fsp3) is 0.304. The molecule has 0 fully saturated rings. The molecular formula is C23H25N5O5. The van der Waals surface area contributed by atoms with E-state index in [0.29, 0.717) is 11.3 Å². The number of pyridine rings is 1. The predicted molar refractivity (Wildman–Crippen MR) is 117 cm³/mol. The molecule has 10 heteroatoms. The van der Waals surface area contributed by atoms with Gasteiger partial charge in [0.2, 0.25) is 0 Å². The number of aromatic nitrogens is 3. The molecule has 0 spiro atoms. The summed E-state index contributed by atoms with van der Waals surface area (Å²) in [6, 6.07) is 10.2. The van der Waals surface area contributed by atoms with Gasteiger partial charge in [-0.2, -0.15) is 5.10 Å². The Kier molecular flexibility index (Phi) is 6.38. The second-order valence-electron chi connectivity index (χ2n) is 7.81. The van der Waals surface area contributed by atoms with Gasteiger partial charge in [0.15, 0.2) is 12.2 Å². The lowest BCUT2D eigenvalue weighted by Crippen LogP contribution is -2.50. The van der Waals surface area contributed by atoms with Crippen LogP contribution in [0.1, 0.15) is 29.8 Å². The molecule has 0 saturated carbocycles. The van der Waals surface area contributed by atoms with Gasteiger partial charge in [-0.1, -0.05) is 12.1 Å². The maximum absolute atomic E-state index is 12.6. The minimum Gasteiger partial charge on any atom is -0.494 e. The number of methoxy groups -OCH3 is 1. The van der Waals surface area contributed by atoms with E-state index in [1.165, 1.54) is 12.0 Å². The molecule has 33 heavy (non-hydrogen) atoms. The van der Waals surface area contributed by atoms with Crippen molar-refractivity contribution in [2.45, 2.75) is 38.3 Å². The number of aliphatic hydroxyl groups excluding tert-OH is 2. The van der Waals surface area contributed by atoms with Gasteiger partial charge in [-0.3, -0.25) is 14.6 Å². The van der Waals surface area contributed by atoms with Crippen molar-refractivity contribution in [1.82, 2.24) is 25.0 Å². The number of ether oxygens (including phenoxy) is 1. The van der Waals surface area contributed by atoms with E-state index in [4.69, 9.17) is 4.74 Å². The number of rotatable bonds is 7. The molecule has 0 aliphatic carbocycles. The summed E-state index contributed by atoms with van der Waals surface area (Å²) >= 11 is 0. The van der Waals surface area contributed by atoms with Gasteiger partial charge in [-0.05, 0) is 42.3 Å². The van der Waals surface area contributed by atoms with E-state index in [2.05, 4.69) is 15.4 Å². The molecule has 2 amide bonds. The Bertz CT molecular complexity index is 1120. The van der Waals surface area contributed by atoms with Crippen molar-refractivity contribution in [3.05, 3.63) is 71.8 Å². The Hall–Kier alpha value is -3.76. The van der Waals surface area contributed by atoms with Crippen LogP contribution in [-0.4, -0.2) is 61.0 Å². The van der Waals surface area contributed by atoms with Crippen LogP contribution in [0.3, 0.4) is 0 Å². The van der Waals surface area contributed by atoms with Gasteiger partial charge < -0.3 is 25.2 Å². The van der Waals surface area contributed by atoms with Gasteiger partial charge in [0.1, 0.15) is 11.4 Å². The smallest absolute Gasteiger partial charge is 0.255 e. The highest BCUT2D eigenvalue weighted by Gasteiger charge is 2.36. The molecule has 3 heterocycles. The molecule has 0 saturated heterocycles. The number of carbonyl (C=O) groups is 2. The Balaban J connectivity index is 1.39. The molecule has 4 rings (SSSR count). The zero-order valence-corrected chi connectivity index (χ0v) is 18.3. The summed E-state index contributed by atoms with van der Waals surface area (Å²) in [6.07, 6.45) is 1.27. The van der Waals surface area contributed by atoms with Gasteiger partial charge >= 0.3 is 0 Å². The average molecular weight is 451 g/mol. The Labute approximate surface area is 190 Å². The lowest BCUT2D eigenvalue weighted by atomic mass is 10.1. The zero-order valence-electron chi connectivity index (χ0n) is 18.3. The number of fused-ring (bicyclic) bond motifs is 1. The van der Waals surface area contributed by atoms with E-state index in [-0.39, 0.29) is 13.1 Å². The predicted octanol–water partition coefficient (Wildman–Crippen LogP) is 0.717. The molecule has 0 bridgehead atoms. The molecule has 0 radical (unpaired) electrons. The summed E-state index contributed by atoms with van der Waals surface area (Å²) in [4.78, 5) is 30.8. The number of benzene rings is 1. The van der Waals surface area contributed by atoms with E-state index >= 15 is 0 Å². The van der Waals surface area contributed by atoms with Crippen LogP contribution in [0.4, 0.5) is 0 Å². The number of hydrogen-bond acceptors (Lipinski definition) is 7. The minimum absolute atomic E-state index is 0.221. The molecule has 3 N–H and O–H groups in total. The molecular weight excluding hydrogens is 426 g/mol. The molecule has 3 aromatic rings. The Morgan fingerprint density at radius 2 is 1.94 bits per heavy atom. The van der Waals surface area contributed by atoms with Crippen molar-refractivity contribution in [2.75, 3.05) is 7.11 Å². The van der Waals surface area contributed by atoms with Gasteiger partial charge in [-0.15, -0.1) is 0 Å². The SMILES string of the molecule is COc1cc([C@@H](C)NC(=O)[C@H](O)[C@@H](O)C(=O)N2Cc3cccnc3C2)ccc1-n1cccn1. The van der Waals surface area contributed by atoms with Crippen LogP contribution in [0.25, 0.3) is 5.69 Å². The molecule has 10 nitrogen and oxygen atoms in total. The van der Waals surface area contributed by atoms with Gasteiger partial charge in [0.05, 0.1) is 25.4 Å². The van der Waals surface area contributed by atoms with E-state index < -0.39 is 30.1 Å². The first-order valence-corrected chi connectivity index (χ1v) is 10.4. The first-order chi connectivity index (χ1) is 15.9.